The van der Waals surface area contributed by atoms with E-state index in [9.17, 15) is 9.18 Å². The SMILES string of the molecule is Nc1ccc(Cl)c(C(=O)NCc2ccc(F)cc2)n1. The fourth-order valence-corrected chi connectivity index (χ4v) is 1.68. The lowest BCUT2D eigenvalue weighted by Gasteiger charge is -2.06. The van der Waals surface area contributed by atoms with Crippen LogP contribution in [0.3, 0.4) is 0 Å². The number of hydrogen-bond acceptors (Lipinski definition) is 3. The van der Waals surface area contributed by atoms with Crippen molar-refractivity contribution in [3.8, 4) is 0 Å². The second-order valence-electron chi connectivity index (χ2n) is 3.88. The molecule has 0 aliphatic rings. The van der Waals surface area contributed by atoms with Crippen LogP contribution in [0.1, 0.15) is 16.1 Å². The van der Waals surface area contributed by atoms with Gasteiger partial charge < -0.3 is 11.1 Å². The van der Waals surface area contributed by atoms with Crippen molar-refractivity contribution in [2.45, 2.75) is 6.54 Å². The van der Waals surface area contributed by atoms with Crippen molar-refractivity contribution in [2.24, 2.45) is 0 Å². The van der Waals surface area contributed by atoms with Crippen LogP contribution >= 0.6 is 11.6 Å². The molecule has 1 aromatic carbocycles. The predicted octanol–water partition coefficient (Wildman–Crippen LogP) is 2.39. The molecule has 1 heterocycles. The molecule has 4 nitrogen and oxygen atoms in total. The number of nitrogens with one attached hydrogen (secondary N) is 1. The average Bonchev–Trinajstić information content (AvgIpc) is 2.40. The van der Waals surface area contributed by atoms with Gasteiger partial charge in [0.25, 0.3) is 5.91 Å². The Morgan fingerprint density at radius 3 is 2.63 bits per heavy atom. The molecule has 0 saturated carbocycles. The van der Waals surface area contributed by atoms with Gasteiger partial charge in [-0.05, 0) is 29.8 Å². The van der Waals surface area contributed by atoms with Crippen LogP contribution in [-0.4, -0.2) is 10.9 Å². The Hall–Kier alpha value is -2.14. The topological polar surface area (TPSA) is 68.0 Å². The minimum atomic E-state index is -0.429. The van der Waals surface area contributed by atoms with Gasteiger partial charge in [-0.3, -0.25) is 4.79 Å². The zero-order valence-electron chi connectivity index (χ0n) is 9.86. The summed E-state index contributed by atoms with van der Waals surface area (Å²) in [5.41, 5.74) is 6.34. The highest BCUT2D eigenvalue weighted by molar-refractivity contribution is 6.33. The zero-order chi connectivity index (χ0) is 13.8. The number of nitrogens with zero attached hydrogens (tertiary/aromatic N) is 1. The Kier molecular flexibility index (Phi) is 3.97. The Morgan fingerprint density at radius 1 is 1.26 bits per heavy atom. The molecule has 0 aliphatic heterocycles. The van der Waals surface area contributed by atoms with E-state index in [2.05, 4.69) is 10.3 Å². The quantitative estimate of drug-likeness (QED) is 0.906. The normalized spacial score (nSPS) is 10.2. The van der Waals surface area contributed by atoms with Gasteiger partial charge in [0.05, 0.1) is 5.02 Å². The van der Waals surface area contributed by atoms with Gasteiger partial charge in [-0.25, -0.2) is 9.37 Å². The number of amides is 1. The number of carbonyl (C=O) groups excluding carboxylic acids is 1. The van der Waals surface area contributed by atoms with Crippen LogP contribution in [0, 0.1) is 5.82 Å². The molecule has 0 bridgehead atoms. The van der Waals surface area contributed by atoms with Gasteiger partial charge >= 0.3 is 0 Å². The van der Waals surface area contributed by atoms with E-state index in [4.69, 9.17) is 17.3 Å². The van der Waals surface area contributed by atoms with Gasteiger partial charge in [-0.15, -0.1) is 0 Å². The second kappa shape index (κ2) is 5.67. The van der Waals surface area contributed by atoms with Gasteiger partial charge in [0.15, 0.2) is 0 Å². The van der Waals surface area contributed by atoms with Crippen LogP contribution in [0.2, 0.25) is 5.02 Å². The summed E-state index contributed by atoms with van der Waals surface area (Å²) in [7, 11) is 0. The molecular weight excluding hydrogens is 269 g/mol. The molecule has 1 amide bonds. The van der Waals surface area contributed by atoms with Gasteiger partial charge in [0, 0.05) is 6.54 Å². The molecule has 0 unspecified atom stereocenters. The summed E-state index contributed by atoms with van der Waals surface area (Å²) in [6.07, 6.45) is 0. The smallest absolute Gasteiger partial charge is 0.271 e. The molecule has 0 aliphatic carbocycles. The monoisotopic (exact) mass is 279 g/mol. The number of anilines is 1. The second-order valence-corrected chi connectivity index (χ2v) is 4.28. The Balaban J connectivity index is 2.05. The first-order valence-electron chi connectivity index (χ1n) is 5.51. The molecular formula is C13H11ClFN3O. The molecule has 0 saturated heterocycles. The van der Waals surface area contributed by atoms with E-state index in [-0.39, 0.29) is 28.9 Å². The van der Waals surface area contributed by atoms with Crippen molar-refractivity contribution >= 4 is 23.3 Å². The minimum Gasteiger partial charge on any atom is -0.384 e. The summed E-state index contributed by atoms with van der Waals surface area (Å²) < 4.78 is 12.7. The lowest BCUT2D eigenvalue weighted by molar-refractivity contribution is 0.0946. The summed E-state index contributed by atoms with van der Waals surface area (Å²) in [5, 5.41) is 2.87. The van der Waals surface area contributed by atoms with E-state index in [1.54, 1.807) is 12.1 Å². The number of carbonyl (C=O) groups is 1. The van der Waals surface area contributed by atoms with Crippen molar-refractivity contribution < 1.29 is 9.18 Å². The van der Waals surface area contributed by atoms with Crippen molar-refractivity contribution in [1.82, 2.24) is 10.3 Å². The summed E-state index contributed by atoms with van der Waals surface area (Å²) in [6.45, 7) is 0.256. The maximum Gasteiger partial charge on any atom is 0.271 e. The Morgan fingerprint density at radius 2 is 1.95 bits per heavy atom. The van der Waals surface area contributed by atoms with Crippen molar-refractivity contribution in [2.75, 3.05) is 5.73 Å². The van der Waals surface area contributed by atoms with Crippen molar-refractivity contribution in [3.63, 3.8) is 0 Å². The molecule has 0 fully saturated rings. The van der Waals surface area contributed by atoms with Crippen molar-refractivity contribution in [1.29, 1.82) is 0 Å². The molecule has 3 N–H and O–H groups in total. The fourth-order valence-electron chi connectivity index (χ4n) is 1.48. The first-order valence-corrected chi connectivity index (χ1v) is 5.89. The first-order chi connectivity index (χ1) is 9.06. The van der Waals surface area contributed by atoms with Gasteiger partial charge in [0.2, 0.25) is 0 Å². The highest BCUT2D eigenvalue weighted by Crippen LogP contribution is 2.15. The third kappa shape index (κ3) is 3.42. The van der Waals surface area contributed by atoms with Crippen LogP contribution in [0.15, 0.2) is 36.4 Å². The molecule has 2 aromatic rings. The van der Waals surface area contributed by atoms with E-state index in [0.29, 0.717) is 0 Å². The number of rotatable bonds is 3. The van der Waals surface area contributed by atoms with E-state index >= 15 is 0 Å². The zero-order valence-corrected chi connectivity index (χ0v) is 10.6. The Bertz CT molecular complexity index is 601. The largest absolute Gasteiger partial charge is 0.384 e. The number of aromatic nitrogens is 1. The van der Waals surface area contributed by atoms with Gasteiger partial charge in [-0.2, -0.15) is 0 Å². The number of nitrogen functional groups attached to an aromatic ring is 1. The number of halogens is 2. The minimum absolute atomic E-state index is 0.0729. The van der Waals surface area contributed by atoms with Crippen LogP contribution in [0.4, 0.5) is 10.2 Å². The lowest BCUT2D eigenvalue weighted by Crippen LogP contribution is -2.24. The highest BCUT2D eigenvalue weighted by Gasteiger charge is 2.12. The lowest BCUT2D eigenvalue weighted by atomic mass is 10.2. The molecule has 19 heavy (non-hydrogen) atoms. The van der Waals surface area contributed by atoms with Crippen LogP contribution < -0.4 is 11.1 Å². The molecule has 0 radical (unpaired) electrons. The maximum atomic E-state index is 12.7. The average molecular weight is 280 g/mol. The standard InChI is InChI=1S/C13H11ClFN3O/c14-10-5-6-11(16)18-12(10)13(19)17-7-8-1-3-9(15)4-2-8/h1-6H,7H2,(H2,16,18)(H,17,19). The third-order valence-electron chi connectivity index (χ3n) is 2.45. The maximum absolute atomic E-state index is 12.7. The van der Waals surface area contributed by atoms with Crippen LogP contribution in [0.5, 0.6) is 0 Å². The summed E-state index contributed by atoms with van der Waals surface area (Å²) in [6, 6.07) is 8.85. The number of pyridine rings is 1. The summed E-state index contributed by atoms with van der Waals surface area (Å²) >= 11 is 5.87. The number of hydrogen-bond donors (Lipinski definition) is 2. The number of benzene rings is 1. The first kappa shape index (κ1) is 13.3. The fraction of sp³-hybridized carbons (Fsp3) is 0.0769. The molecule has 98 valence electrons. The number of nitrogens with two attached hydrogens (primary N) is 1. The van der Waals surface area contributed by atoms with E-state index < -0.39 is 5.91 Å². The molecule has 6 heteroatoms. The Labute approximate surface area is 114 Å². The van der Waals surface area contributed by atoms with E-state index in [1.165, 1.54) is 24.3 Å². The van der Waals surface area contributed by atoms with Crippen LogP contribution in [-0.2, 0) is 6.54 Å². The van der Waals surface area contributed by atoms with Gasteiger partial charge in [-0.1, -0.05) is 23.7 Å². The summed E-state index contributed by atoms with van der Waals surface area (Å²) in [5.74, 6) is -0.534. The molecule has 0 spiro atoms. The molecule has 0 atom stereocenters. The third-order valence-corrected chi connectivity index (χ3v) is 2.75. The molecule has 1 aromatic heterocycles. The van der Waals surface area contributed by atoms with Gasteiger partial charge in [0.1, 0.15) is 17.3 Å². The highest BCUT2D eigenvalue weighted by atomic mass is 35.5. The van der Waals surface area contributed by atoms with E-state index in [0.717, 1.165) is 5.56 Å². The van der Waals surface area contributed by atoms with Crippen molar-refractivity contribution in [3.05, 3.63) is 58.5 Å². The van der Waals surface area contributed by atoms with Crippen LogP contribution in [0.25, 0.3) is 0 Å². The van der Waals surface area contributed by atoms with E-state index in [1.807, 2.05) is 0 Å². The molecule has 2 rings (SSSR count). The predicted molar refractivity (Wildman–Crippen MR) is 71.2 cm³/mol. The summed E-state index contributed by atoms with van der Waals surface area (Å²) in [4.78, 5) is 15.7.